The van der Waals surface area contributed by atoms with Crippen LogP contribution in [0, 0.1) is 28.6 Å². The van der Waals surface area contributed by atoms with Crippen molar-refractivity contribution in [3.63, 3.8) is 0 Å². The van der Waals surface area contributed by atoms with Gasteiger partial charge in [0.1, 0.15) is 11.5 Å². The van der Waals surface area contributed by atoms with Crippen molar-refractivity contribution in [1.29, 1.82) is 5.26 Å². The summed E-state index contributed by atoms with van der Waals surface area (Å²) >= 11 is 6.06. The van der Waals surface area contributed by atoms with Gasteiger partial charge in [0, 0.05) is 5.03 Å². The molecule has 0 aliphatic carbocycles. The summed E-state index contributed by atoms with van der Waals surface area (Å²) in [4.78, 5) is 12.6. The Hall–Kier alpha value is -2.77. The van der Waals surface area contributed by atoms with Crippen molar-refractivity contribution in [3.05, 3.63) is 71.3 Å². The number of allylic oxidation sites excluding steroid dienone is 2. The normalized spacial score (nSPS) is 15.8. The topological polar surface area (TPSA) is 70.3 Å². The lowest BCUT2D eigenvalue weighted by Gasteiger charge is -2.41. The molecule has 0 radical (unpaired) electrons. The lowest BCUT2D eigenvalue weighted by atomic mass is 9.59. The van der Waals surface area contributed by atoms with Gasteiger partial charge in [-0.2, -0.15) is 5.26 Å². The molecule has 0 aliphatic heterocycles. The number of carboxylic acids is 1. The summed E-state index contributed by atoms with van der Waals surface area (Å²) in [6.07, 6.45) is 1.71. The first-order valence-electron chi connectivity index (χ1n) is 9.53. The zero-order chi connectivity index (χ0) is 21.6. The lowest BCUT2D eigenvalue weighted by Crippen LogP contribution is -2.46. The van der Waals surface area contributed by atoms with Gasteiger partial charge in [-0.1, -0.05) is 68.8 Å². The van der Waals surface area contributed by atoms with Crippen LogP contribution in [0.1, 0.15) is 39.2 Å². The summed E-state index contributed by atoms with van der Waals surface area (Å²) in [5, 5.41) is 20.9. The second-order valence-electron chi connectivity index (χ2n) is 7.48. The predicted octanol–water partition coefficient (Wildman–Crippen LogP) is 6.59. The minimum atomic E-state index is -1.35. The number of nitriles is 1. The van der Waals surface area contributed by atoms with Crippen LogP contribution in [0.25, 0.3) is 0 Å². The van der Waals surface area contributed by atoms with E-state index >= 15 is 0 Å². The number of hydrogen-bond donors (Lipinski definition) is 1. The van der Waals surface area contributed by atoms with Crippen LogP contribution in [-0.2, 0) is 4.79 Å². The molecule has 4 nitrogen and oxygen atoms in total. The Morgan fingerprint density at radius 2 is 1.76 bits per heavy atom. The number of benzene rings is 2. The molecule has 0 bridgehead atoms. The average molecular weight is 412 g/mol. The van der Waals surface area contributed by atoms with Gasteiger partial charge in [-0.05, 0) is 48.6 Å². The number of aliphatic carboxylic acids is 1. The van der Waals surface area contributed by atoms with Gasteiger partial charge >= 0.3 is 5.97 Å². The number of rotatable bonds is 8. The molecule has 0 saturated heterocycles. The minimum absolute atomic E-state index is 0.314. The highest BCUT2D eigenvalue weighted by atomic mass is 35.5. The minimum Gasteiger partial charge on any atom is -0.481 e. The van der Waals surface area contributed by atoms with Crippen LogP contribution in [0.5, 0.6) is 11.5 Å². The first kappa shape index (κ1) is 22.5. The van der Waals surface area contributed by atoms with Crippen molar-refractivity contribution in [2.24, 2.45) is 17.3 Å². The fraction of sp³-hybridized carbons (Fsp3) is 0.333. The molecule has 29 heavy (non-hydrogen) atoms. The molecule has 1 N–H and O–H groups in total. The fourth-order valence-corrected chi connectivity index (χ4v) is 4.20. The predicted molar refractivity (Wildman–Crippen MR) is 115 cm³/mol. The van der Waals surface area contributed by atoms with Crippen LogP contribution < -0.4 is 4.74 Å². The smallest absolute Gasteiger partial charge is 0.312 e. The van der Waals surface area contributed by atoms with Crippen molar-refractivity contribution in [2.75, 3.05) is 0 Å². The molecule has 5 heteroatoms. The average Bonchev–Trinajstić information content (AvgIpc) is 2.65. The van der Waals surface area contributed by atoms with Crippen LogP contribution in [0.4, 0.5) is 0 Å². The van der Waals surface area contributed by atoms with Crippen LogP contribution in [0.2, 0.25) is 0 Å². The number of halogens is 1. The lowest BCUT2D eigenvalue weighted by molar-refractivity contribution is -0.155. The van der Waals surface area contributed by atoms with E-state index in [1.807, 2.05) is 44.2 Å². The Bertz CT molecular complexity index is 913. The van der Waals surface area contributed by atoms with Crippen LogP contribution in [-0.4, -0.2) is 11.1 Å². The van der Waals surface area contributed by atoms with E-state index in [2.05, 4.69) is 6.07 Å². The highest BCUT2D eigenvalue weighted by Crippen LogP contribution is 2.49. The third kappa shape index (κ3) is 4.81. The molecular formula is C24H26ClNO3. The number of ether oxygens (including phenoxy) is 1. The fourth-order valence-electron chi connectivity index (χ4n) is 4.01. The van der Waals surface area contributed by atoms with Crippen molar-refractivity contribution in [1.82, 2.24) is 0 Å². The van der Waals surface area contributed by atoms with Crippen molar-refractivity contribution in [3.8, 4) is 17.6 Å². The van der Waals surface area contributed by atoms with Gasteiger partial charge in [0.2, 0.25) is 0 Å². The Morgan fingerprint density at radius 1 is 1.14 bits per heavy atom. The van der Waals surface area contributed by atoms with Gasteiger partial charge in [0.15, 0.2) is 0 Å². The maximum Gasteiger partial charge on any atom is 0.312 e. The molecule has 3 atom stereocenters. The van der Waals surface area contributed by atoms with Gasteiger partial charge < -0.3 is 9.84 Å². The largest absolute Gasteiger partial charge is 0.481 e. The quantitative estimate of drug-likeness (QED) is 0.531. The summed E-state index contributed by atoms with van der Waals surface area (Å²) < 4.78 is 5.88. The third-order valence-corrected chi connectivity index (χ3v) is 5.46. The molecule has 0 fully saturated rings. The SMILES string of the molecule is CC(Cl)=CC(C)C(C(=O)O)(C(C)C)C(C#N)c1cccc(Oc2ccccc2)c1. The molecule has 0 aromatic heterocycles. The molecule has 0 spiro atoms. The van der Waals surface area contributed by atoms with Gasteiger partial charge in [-0.3, -0.25) is 4.79 Å². The van der Waals surface area contributed by atoms with Gasteiger partial charge in [-0.25, -0.2) is 0 Å². The molecular weight excluding hydrogens is 386 g/mol. The Labute approximate surface area is 177 Å². The molecule has 3 unspecified atom stereocenters. The Kier molecular flexibility index (Phi) is 7.47. The molecule has 0 saturated carbocycles. The monoisotopic (exact) mass is 411 g/mol. The number of nitrogens with zero attached hydrogens (tertiary/aromatic N) is 1. The second-order valence-corrected chi connectivity index (χ2v) is 8.08. The number of carboxylic acid groups (broad SMARTS) is 1. The summed E-state index contributed by atoms with van der Waals surface area (Å²) in [6, 6.07) is 18.6. The molecule has 152 valence electrons. The van der Waals surface area contributed by atoms with Gasteiger partial charge in [-0.15, -0.1) is 0 Å². The van der Waals surface area contributed by atoms with E-state index in [1.54, 1.807) is 44.2 Å². The maximum absolute atomic E-state index is 12.6. The summed E-state index contributed by atoms with van der Waals surface area (Å²) in [5.41, 5.74) is -0.750. The highest BCUT2D eigenvalue weighted by molar-refractivity contribution is 6.29. The number of hydrogen-bond acceptors (Lipinski definition) is 3. The standard InChI is InChI=1S/C24H26ClNO3/c1-16(2)24(23(27)28,17(3)13-18(4)25)22(15-26)19-9-8-12-21(14-19)29-20-10-6-5-7-11-20/h5-14,16-17,22H,1-4H3,(H,27,28). The molecule has 2 aromatic carbocycles. The first-order valence-corrected chi connectivity index (χ1v) is 9.91. The molecule has 0 aliphatic rings. The highest BCUT2D eigenvalue weighted by Gasteiger charge is 2.53. The van der Waals surface area contributed by atoms with E-state index in [-0.39, 0.29) is 5.92 Å². The van der Waals surface area contributed by atoms with E-state index in [0.717, 1.165) is 0 Å². The van der Waals surface area contributed by atoms with Crippen LogP contribution in [0.15, 0.2) is 65.7 Å². The zero-order valence-electron chi connectivity index (χ0n) is 17.1. The van der Waals surface area contributed by atoms with E-state index in [9.17, 15) is 15.2 Å². The van der Waals surface area contributed by atoms with Crippen molar-refractivity contribution < 1.29 is 14.6 Å². The summed E-state index contributed by atoms with van der Waals surface area (Å²) in [6.45, 7) is 7.17. The molecule has 0 amide bonds. The third-order valence-electron chi connectivity index (χ3n) is 5.34. The number of carbonyl (C=O) groups is 1. The van der Waals surface area contributed by atoms with Crippen LogP contribution >= 0.6 is 11.6 Å². The van der Waals surface area contributed by atoms with E-state index < -0.39 is 23.2 Å². The van der Waals surface area contributed by atoms with Gasteiger partial charge in [0.05, 0.1) is 17.4 Å². The van der Waals surface area contributed by atoms with Crippen molar-refractivity contribution >= 4 is 17.6 Å². The maximum atomic E-state index is 12.6. The molecule has 0 heterocycles. The first-order chi connectivity index (χ1) is 13.7. The van der Waals surface area contributed by atoms with E-state index in [1.165, 1.54) is 0 Å². The Balaban J connectivity index is 2.56. The van der Waals surface area contributed by atoms with Crippen molar-refractivity contribution in [2.45, 2.75) is 33.6 Å². The van der Waals surface area contributed by atoms with Crippen LogP contribution in [0.3, 0.4) is 0 Å². The van der Waals surface area contributed by atoms with Gasteiger partial charge in [0.25, 0.3) is 0 Å². The summed E-state index contributed by atoms with van der Waals surface area (Å²) in [5.74, 6) is -1.46. The number of para-hydroxylation sites is 1. The molecule has 2 aromatic rings. The zero-order valence-corrected chi connectivity index (χ0v) is 17.9. The second kappa shape index (κ2) is 9.62. The summed E-state index contributed by atoms with van der Waals surface area (Å²) in [7, 11) is 0. The molecule has 2 rings (SSSR count). The van der Waals surface area contributed by atoms with E-state index in [0.29, 0.717) is 22.1 Å². The Morgan fingerprint density at radius 3 is 2.28 bits per heavy atom. The van der Waals surface area contributed by atoms with E-state index in [4.69, 9.17) is 16.3 Å².